The lowest BCUT2D eigenvalue weighted by Gasteiger charge is -2.20. The number of rotatable bonds is 4. The second-order valence-corrected chi connectivity index (χ2v) is 5.05. The molecule has 0 spiro atoms. The predicted molar refractivity (Wildman–Crippen MR) is 82.2 cm³/mol. The highest BCUT2D eigenvalue weighted by Crippen LogP contribution is 2.25. The van der Waals surface area contributed by atoms with Gasteiger partial charge in [-0.05, 0) is 42.3 Å². The first kappa shape index (κ1) is 14.4. The Morgan fingerprint density at radius 1 is 1.20 bits per heavy atom. The van der Waals surface area contributed by atoms with Crippen LogP contribution in [0.25, 0.3) is 10.8 Å². The Bertz CT molecular complexity index is 621. The Morgan fingerprint density at radius 3 is 2.50 bits per heavy atom. The molecule has 0 N–H and O–H groups in total. The van der Waals surface area contributed by atoms with Gasteiger partial charge in [-0.25, -0.2) is 0 Å². The van der Waals surface area contributed by atoms with E-state index in [-0.39, 0.29) is 11.8 Å². The maximum absolute atomic E-state index is 12.2. The van der Waals surface area contributed by atoms with E-state index >= 15 is 0 Å². The molecule has 0 unspecified atom stereocenters. The van der Waals surface area contributed by atoms with Crippen LogP contribution in [0.1, 0.15) is 25.3 Å². The van der Waals surface area contributed by atoms with Crippen LogP contribution in [0.5, 0.6) is 5.75 Å². The number of likely N-dealkylation sites (N-methyl/N-ethyl adjacent to an activating group) is 1. The minimum Gasteiger partial charge on any atom is -0.497 e. The number of amides is 1. The summed E-state index contributed by atoms with van der Waals surface area (Å²) in [7, 11) is 3.50. The van der Waals surface area contributed by atoms with Crippen LogP contribution in [0.3, 0.4) is 0 Å². The fourth-order valence-corrected chi connectivity index (χ4v) is 2.27. The second-order valence-electron chi connectivity index (χ2n) is 5.05. The molecule has 1 atom stereocenters. The smallest absolute Gasteiger partial charge is 0.229 e. The number of fused-ring (bicyclic) bond motifs is 1. The van der Waals surface area contributed by atoms with Gasteiger partial charge >= 0.3 is 0 Å². The van der Waals surface area contributed by atoms with Gasteiger partial charge in [-0.2, -0.15) is 0 Å². The third kappa shape index (κ3) is 2.77. The van der Waals surface area contributed by atoms with Crippen molar-refractivity contribution in [3.05, 3.63) is 42.0 Å². The van der Waals surface area contributed by atoms with Crippen molar-refractivity contribution in [2.75, 3.05) is 20.7 Å². The number of hydrogen-bond acceptors (Lipinski definition) is 2. The minimum absolute atomic E-state index is 0.119. The molecule has 0 heterocycles. The molecule has 0 fully saturated rings. The first-order valence-corrected chi connectivity index (χ1v) is 6.89. The zero-order chi connectivity index (χ0) is 14.7. The summed E-state index contributed by atoms with van der Waals surface area (Å²) < 4.78 is 5.22. The van der Waals surface area contributed by atoms with E-state index in [0.717, 1.165) is 28.6 Å². The number of carbonyl (C=O) groups is 1. The largest absolute Gasteiger partial charge is 0.497 e. The number of benzene rings is 2. The van der Waals surface area contributed by atoms with Crippen LogP contribution < -0.4 is 4.74 Å². The summed E-state index contributed by atoms with van der Waals surface area (Å²) in [6, 6.07) is 12.1. The third-order valence-corrected chi connectivity index (χ3v) is 3.79. The summed E-state index contributed by atoms with van der Waals surface area (Å²) in [4.78, 5) is 14.0. The zero-order valence-corrected chi connectivity index (χ0v) is 12.5. The van der Waals surface area contributed by atoms with Crippen LogP contribution in [0, 0.1) is 0 Å². The maximum Gasteiger partial charge on any atom is 0.229 e. The lowest BCUT2D eigenvalue weighted by Crippen LogP contribution is -2.30. The third-order valence-electron chi connectivity index (χ3n) is 3.79. The van der Waals surface area contributed by atoms with Crippen molar-refractivity contribution in [2.24, 2.45) is 0 Å². The average Bonchev–Trinajstić information content (AvgIpc) is 2.51. The van der Waals surface area contributed by atoms with Gasteiger partial charge in [-0.15, -0.1) is 0 Å². The number of nitrogens with zero attached hydrogens (tertiary/aromatic N) is 1. The fourth-order valence-electron chi connectivity index (χ4n) is 2.27. The molecular weight excluding hydrogens is 250 g/mol. The Balaban J connectivity index is 2.34. The first-order chi connectivity index (χ1) is 9.56. The highest BCUT2D eigenvalue weighted by molar-refractivity contribution is 5.88. The molecule has 0 saturated heterocycles. The van der Waals surface area contributed by atoms with Crippen molar-refractivity contribution >= 4 is 16.7 Å². The molecule has 0 aliphatic carbocycles. The average molecular weight is 271 g/mol. The molecule has 0 aliphatic rings. The summed E-state index contributed by atoms with van der Waals surface area (Å²) in [6.07, 6.45) is 0. The van der Waals surface area contributed by atoms with Gasteiger partial charge in [0.25, 0.3) is 0 Å². The van der Waals surface area contributed by atoms with E-state index in [2.05, 4.69) is 6.07 Å². The van der Waals surface area contributed by atoms with Crippen LogP contribution >= 0.6 is 0 Å². The molecular formula is C17H21NO2. The molecule has 0 saturated carbocycles. The summed E-state index contributed by atoms with van der Waals surface area (Å²) in [5, 5.41) is 2.25. The van der Waals surface area contributed by atoms with E-state index in [4.69, 9.17) is 4.74 Å². The standard InChI is InChI=1S/C17H21NO2/c1-5-18(3)17(19)12(2)13-6-7-15-11-16(20-4)9-8-14(15)10-13/h6-12H,5H2,1-4H3/t12-/m0/s1. The van der Waals surface area contributed by atoms with Gasteiger partial charge in [0.15, 0.2) is 0 Å². The molecule has 0 aliphatic heterocycles. The quantitative estimate of drug-likeness (QED) is 0.852. The highest BCUT2D eigenvalue weighted by Gasteiger charge is 2.18. The fraction of sp³-hybridized carbons (Fsp3) is 0.353. The van der Waals surface area contributed by atoms with E-state index in [1.54, 1.807) is 12.0 Å². The van der Waals surface area contributed by atoms with E-state index in [0.29, 0.717) is 0 Å². The molecule has 0 bridgehead atoms. The van der Waals surface area contributed by atoms with Crippen molar-refractivity contribution in [2.45, 2.75) is 19.8 Å². The van der Waals surface area contributed by atoms with Crippen molar-refractivity contribution in [1.29, 1.82) is 0 Å². The maximum atomic E-state index is 12.2. The molecule has 3 heteroatoms. The van der Waals surface area contributed by atoms with Crippen LogP contribution in [0.2, 0.25) is 0 Å². The molecule has 20 heavy (non-hydrogen) atoms. The number of ether oxygens (including phenoxy) is 1. The van der Waals surface area contributed by atoms with Gasteiger partial charge in [-0.3, -0.25) is 4.79 Å². The topological polar surface area (TPSA) is 29.5 Å². The minimum atomic E-state index is -0.119. The molecule has 3 nitrogen and oxygen atoms in total. The van der Waals surface area contributed by atoms with Crippen LogP contribution in [-0.4, -0.2) is 31.5 Å². The van der Waals surface area contributed by atoms with Crippen molar-refractivity contribution in [3.63, 3.8) is 0 Å². The van der Waals surface area contributed by atoms with Crippen LogP contribution in [0.4, 0.5) is 0 Å². The molecule has 106 valence electrons. The van der Waals surface area contributed by atoms with Crippen molar-refractivity contribution in [3.8, 4) is 5.75 Å². The number of methoxy groups -OCH3 is 1. The van der Waals surface area contributed by atoms with E-state index in [9.17, 15) is 4.79 Å². The second kappa shape index (κ2) is 5.95. The number of carbonyl (C=O) groups excluding carboxylic acids is 1. The molecule has 2 aromatic rings. The van der Waals surface area contributed by atoms with Gasteiger partial charge in [0, 0.05) is 13.6 Å². The lowest BCUT2D eigenvalue weighted by atomic mass is 9.96. The van der Waals surface area contributed by atoms with Crippen LogP contribution in [0.15, 0.2) is 36.4 Å². The Labute approximate surface area is 120 Å². The molecule has 1 amide bonds. The normalized spacial score (nSPS) is 12.2. The first-order valence-electron chi connectivity index (χ1n) is 6.89. The summed E-state index contributed by atoms with van der Waals surface area (Å²) in [5.41, 5.74) is 1.05. The van der Waals surface area contributed by atoms with Gasteiger partial charge in [-0.1, -0.05) is 24.3 Å². The van der Waals surface area contributed by atoms with E-state index in [1.807, 2.05) is 51.2 Å². The van der Waals surface area contributed by atoms with Crippen molar-refractivity contribution < 1.29 is 9.53 Å². The van der Waals surface area contributed by atoms with E-state index in [1.165, 1.54) is 0 Å². The van der Waals surface area contributed by atoms with Gasteiger partial charge in [0.1, 0.15) is 5.75 Å². The Kier molecular flexibility index (Phi) is 4.28. The predicted octanol–water partition coefficient (Wildman–Crippen LogP) is 3.43. The number of hydrogen-bond donors (Lipinski definition) is 0. The molecule has 0 aromatic heterocycles. The molecule has 2 aromatic carbocycles. The molecule has 2 rings (SSSR count). The monoisotopic (exact) mass is 271 g/mol. The van der Waals surface area contributed by atoms with Crippen molar-refractivity contribution in [1.82, 2.24) is 4.90 Å². The Hall–Kier alpha value is -2.03. The van der Waals surface area contributed by atoms with Gasteiger partial charge in [0.05, 0.1) is 13.0 Å². The lowest BCUT2D eigenvalue weighted by molar-refractivity contribution is -0.130. The Morgan fingerprint density at radius 2 is 1.85 bits per heavy atom. The van der Waals surface area contributed by atoms with Crippen LogP contribution in [-0.2, 0) is 4.79 Å². The summed E-state index contributed by atoms with van der Waals surface area (Å²) in [5.74, 6) is 0.881. The summed E-state index contributed by atoms with van der Waals surface area (Å²) >= 11 is 0. The summed E-state index contributed by atoms with van der Waals surface area (Å²) in [6.45, 7) is 4.67. The van der Waals surface area contributed by atoms with Gasteiger partial charge in [0.2, 0.25) is 5.91 Å². The zero-order valence-electron chi connectivity index (χ0n) is 12.5. The molecule has 0 radical (unpaired) electrons. The van der Waals surface area contributed by atoms with E-state index < -0.39 is 0 Å². The highest BCUT2D eigenvalue weighted by atomic mass is 16.5. The van der Waals surface area contributed by atoms with Gasteiger partial charge < -0.3 is 9.64 Å². The SMILES string of the molecule is CCN(C)C(=O)[C@@H](C)c1ccc2cc(OC)ccc2c1.